The highest BCUT2D eigenvalue weighted by molar-refractivity contribution is 7.86. The maximum Gasteiger partial charge on any atom is 0.0391 e. The van der Waals surface area contributed by atoms with Crippen LogP contribution in [0.15, 0.2) is 21.0 Å². The van der Waals surface area contributed by atoms with Crippen LogP contribution in [0, 0.1) is 5.92 Å². The van der Waals surface area contributed by atoms with Gasteiger partial charge in [0.15, 0.2) is 0 Å². The van der Waals surface area contributed by atoms with E-state index >= 15 is 0 Å². The molecule has 1 rings (SSSR count). The number of hydrogen-bond acceptors (Lipinski definition) is 3. The van der Waals surface area contributed by atoms with E-state index in [4.69, 9.17) is 0 Å². The second-order valence-corrected chi connectivity index (χ2v) is 5.71. The minimum absolute atomic E-state index is 0.117. The van der Waals surface area contributed by atoms with Crippen molar-refractivity contribution in [3.05, 3.63) is 21.0 Å². The Morgan fingerprint density at radius 1 is 1.23 bits per heavy atom. The first-order valence-electron chi connectivity index (χ1n) is 4.33. The first-order chi connectivity index (χ1) is 5.80. The van der Waals surface area contributed by atoms with Gasteiger partial charge in [0.1, 0.15) is 0 Å². The van der Waals surface area contributed by atoms with Crippen molar-refractivity contribution in [3.63, 3.8) is 0 Å². The van der Waals surface area contributed by atoms with Crippen LogP contribution in [0.2, 0.25) is 0 Å². The maximum absolute atomic E-state index is 4.68. The molecule has 0 aromatic heterocycles. The molecule has 0 saturated heterocycles. The molecule has 0 fully saturated rings. The van der Waals surface area contributed by atoms with Crippen LogP contribution in [-0.4, -0.2) is 4.75 Å². The molecule has 0 bridgehead atoms. The third kappa shape index (κ3) is 1.71. The van der Waals surface area contributed by atoms with Gasteiger partial charge in [-0.1, -0.05) is 6.92 Å². The summed E-state index contributed by atoms with van der Waals surface area (Å²) in [5.74, 6) is 0.357. The van der Waals surface area contributed by atoms with Crippen molar-refractivity contribution in [2.75, 3.05) is 0 Å². The highest BCUT2D eigenvalue weighted by Crippen LogP contribution is 2.47. The van der Waals surface area contributed by atoms with Crippen LogP contribution < -0.4 is 0 Å². The normalized spacial score (nSPS) is 35.8. The summed E-state index contributed by atoms with van der Waals surface area (Å²) in [6.07, 6.45) is 0. The molecule has 13 heavy (non-hydrogen) atoms. The van der Waals surface area contributed by atoms with E-state index in [0.717, 1.165) is 9.81 Å². The van der Waals surface area contributed by atoms with Gasteiger partial charge in [-0.25, -0.2) is 0 Å². The minimum atomic E-state index is -0.117. The molecule has 0 amide bonds. The van der Waals surface area contributed by atoms with Gasteiger partial charge in [0.25, 0.3) is 0 Å². The Morgan fingerprint density at radius 2 is 1.69 bits per heavy atom. The van der Waals surface area contributed by atoms with Gasteiger partial charge < -0.3 is 0 Å². The van der Waals surface area contributed by atoms with Crippen molar-refractivity contribution >= 4 is 37.9 Å². The fraction of sp³-hybridized carbons (Fsp3) is 0.600. The van der Waals surface area contributed by atoms with E-state index in [-0.39, 0.29) is 4.75 Å². The summed E-state index contributed by atoms with van der Waals surface area (Å²) in [5.41, 5.74) is 2.42. The van der Waals surface area contributed by atoms with E-state index in [1.54, 1.807) is 0 Å². The Bertz CT molecular complexity index is 297. The zero-order valence-electron chi connectivity index (χ0n) is 8.42. The van der Waals surface area contributed by atoms with Gasteiger partial charge in [-0.3, -0.25) is 0 Å². The van der Waals surface area contributed by atoms with Gasteiger partial charge in [0.05, 0.1) is 0 Å². The predicted molar refractivity (Wildman–Crippen MR) is 69.9 cm³/mol. The molecular formula is C10H16S3. The summed E-state index contributed by atoms with van der Waals surface area (Å²) in [5, 5.41) is 0. The molecule has 2 unspecified atom stereocenters. The Balaban J connectivity index is 3.32. The Labute approximate surface area is 97.1 Å². The maximum atomic E-state index is 4.68. The molecule has 0 N–H and O–H groups in total. The van der Waals surface area contributed by atoms with Gasteiger partial charge in [-0.2, -0.15) is 12.6 Å². The van der Waals surface area contributed by atoms with Crippen molar-refractivity contribution in [3.8, 4) is 0 Å². The van der Waals surface area contributed by atoms with Gasteiger partial charge in [-0.05, 0) is 36.8 Å². The topological polar surface area (TPSA) is 0 Å². The van der Waals surface area contributed by atoms with Crippen molar-refractivity contribution < 1.29 is 0 Å². The van der Waals surface area contributed by atoms with E-state index in [1.165, 1.54) is 11.1 Å². The predicted octanol–water partition coefficient (Wildman–Crippen LogP) is 3.73. The summed E-state index contributed by atoms with van der Waals surface area (Å²) < 4.78 is -0.117. The van der Waals surface area contributed by atoms with Crippen LogP contribution in [0.5, 0.6) is 0 Å². The van der Waals surface area contributed by atoms with E-state index in [2.05, 4.69) is 65.6 Å². The molecule has 0 saturated carbocycles. The molecule has 0 heterocycles. The molecular weight excluding hydrogens is 216 g/mol. The molecule has 0 nitrogen and oxygen atoms in total. The summed E-state index contributed by atoms with van der Waals surface area (Å²) in [7, 11) is 0. The molecule has 0 radical (unpaired) electrons. The molecule has 1 aliphatic carbocycles. The van der Waals surface area contributed by atoms with E-state index < -0.39 is 0 Å². The third-order valence-electron chi connectivity index (χ3n) is 3.11. The quantitative estimate of drug-likeness (QED) is 0.521. The minimum Gasteiger partial charge on any atom is -0.168 e. The first-order valence-corrected chi connectivity index (χ1v) is 5.67. The second-order valence-electron chi connectivity index (χ2n) is 3.85. The molecule has 0 spiro atoms. The average molecular weight is 232 g/mol. The van der Waals surface area contributed by atoms with Crippen LogP contribution in [0.1, 0.15) is 27.7 Å². The van der Waals surface area contributed by atoms with Crippen LogP contribution in [0.3, 0.4) is 0 Å². The standard InChI is InChI=1S/C10H16S3/c1-5-8(11)6(2)10(4,13)7(3)9(5)12/h6,11-13H,1-4H3. The SMILES string of the molecule is CC1=C(S)C(C)C(C)(S)C(C)=C1S. The van der Waals surface area contributed by atoms with Crippen molar-refractivity contribution in [1.29, 1.82) is 0 Å². The van der Waals surface area contributed by atoms with E-state index in [0.29, 0.717) is 5.92 Å². The number of thiol groups is 3. The van der Waals surface area contributed by atoms with Gasteiger partial charge in [0, 0.05) is 15.6 Å². The molecule has 1 aliphatic rings. The van der Waals surface area contributed by atoms with Crippen LogP contribution in [-0.2, 0) is 0 Å². The third-order valence-corrected chi connectivity index (χ3v) is 5.22. The lowest BCUT2D eigenvalue weighted by molar-refractivity contribution is 0.562. The highest BCUT2D eigenvalue weighted by atomic mass is 32.1. The molecule has 0 aromatic rings. The van der Waals surface area contributed by atoms with Crippen molar-refractivity contribution in [2.24, 2.45) is 5.92 Å². The zero-order chi connectivity index (χ0) is 10.4. The summed E-state index contributed by atoms with van der Waals surface area (Å²) in [4.78, 5) is 2.15. The summed E-state index contributed by atoms with van der Waals surface area (Å²) in [6, 6.07) is 0. The average Bonchev–Trinajstić information content (AvgIpc) is 2.09. The smallest absolute Gasteiger partial charge is 0.0391 e. The van der Waals surface area contributed by atoms with E-state index in [9.17, 15) is 0 Å². The molecule has 3 heteroatoms. The van der Waals surface area contributed by atoms with Gasteiger partial charge >= 0.3 is 0 Å². The van der Waals surface area contributed by atoms with Crippen molar-refractivity contribution in [1.82, 2.24) is 0 Å². The van der Waals surface area contributed by atoms with Crippen molar-refractivity contribution in [2.45, 2.75) is 32.4 Å². The van der Waals surface area contributed by atoms with Crippen LogP contribution in [0.4, 0.5) is 0 Å². The Morgan fingerprint density at radius 3 is 2.15 bits per heavy atom. The lowest BCUT2D eigenvalue weighted by Crippen LogP contribution is -2.32. The zero-order valence-corrected chi connectivity index (χ0v) is 11.1. The fourth-order valence-corrected chi connectivity index (χ4v) is 2.80. The van der Waals surface area contributed by atoms with Crippen LogP contribution in [0.25, 0.3) is 0 Å². The summed E-state index contributed by atoms with van der Waals surface area (Å²) >= 11 is 13.7. The largest absolute Gasteiger partial charge is 0.168 e. The number of rotatable bonds is 0. The monoisotopic (exact) mass is 232 g/mol. The number of allylic oxidation sites excluding steroid dienone is 2. The lowest BCUT2D eigenvalue weighted by atomic mass is 9.81. The number of hydrogen-bond donors (Lipinski definition) is 3. The molecule has 2 atom stereocenters. The van der Waals surface area contributed by atoms with Gasteiger partial charge in [0.2, 0.25) is 0 Å². The highest BCUT2D eigenvalue weighted by Gasteiger charge is 2.36. The lowest BCUT2D eigenvalue weighted by Gasteiger charge is -2.38. The molecule has 0 aliphatic heterocycles. The van der Waals surface area contributed by atoms with E-state index in [1.807, 2.05) is 0 Å². The Hall–Kier alpha value is 0.530. The molecule has 0 aromatic carbocycles. The summed E-state index contributed by atoms with van der Waals surface area (Å²) in [6.45, 7) is 8.43. The van der Waals surface area contributed by atoms with Gasteiger partial charge in [-0.15, -0.1) is 25.3 Å². The van der Waals surface area contributed by atoms with Crippen LogP contribution >= 0.6 is 37.9 Å². The fourth-order valence-electron chi connectivity index (χ4n) is 1.56. The Kier molecular flexibility index (Phi) is 3.21. The second kappa shape index (κ2) is 3.59. The first kappa shape index (κ1) is 11.6. The molecule has 74 valence electrons.